The molecule has 0 atom stereocenters. The van der Waals surface area contributed by atoms with Crippen LogP contribution in [0.4, 0.5) is 0 Å². The molecule has 3 rings (SSSR count). The Kier molecular flexibility index (Phi) is 5.60. The van der Waals surface area contributed by atoms with E-state index >= 15 is 0 Å². The van der Waals surface area contributed by atoms with Crippen LogP contribution in [0.15, 0.2) is 57.5 Å². The maximum atomic E-state index is 12.5. The third-order valence-electron chi connectivity index (χ3n) is 5.62. The summed E-state index contributed by atoms with van der Waals surface area (Å²) in [7, 11) is 0. The van der Waals surface area contributed by atoms with Crippen molar-refractivity contribution in [1.82, 2.24) is 9.47 Å². The summed E-state index contributed by atoms with van der Waals surface area (Å²) in [4.78, 5) is 19.5. The zero-order chi connectivity index (χ0) is 18.7. The summed E-state index contributed by atoms with van der Waals surface area (Å²) < 4.78 is 2.00. The lowest BCUT2D eigenvalue weighted by molar-refractivity contribution is 0.228. The first-order valence-electron chi connectivity index (χ1n) is 9.57. The number of hydrogen-bond acceptors (Lipinski definition) is 3. The van der Waals surface area contributed by atoms with E-state index < -0.39 is 0 Å². The first kappa shape index (κ1) is 18.4. The van der Waals surface area contributed by atoms with Gasteiger partial charge in [0.2, 0.25) is 0 Å². The molecule has 26 heavy (non-hydrogen) atoms. The lowest BCUT2D eigenvalue weighted by Crippen LogP contribution is -2.37. The third kappa shape index (κ3) is 3.59. The predicted octanol–water partition coefficient (Wildman–Crippen LogP) is 4.41. The molecule has 2 heterocycles. The molecule has 0 aliphatic carbocycles. The minimum Gasteiger partial charge on any atom is -0.375 e. The van der Waals surface area contributed by atoms with Crippen molar-refractivity contribution in [2.45, 2.75) is 46.6 Å². The molecule has 2 aromatic rings. The fourth-order valence-electron chi connectivity index (χ4n) is 3.90. The van der Waals surface area contributed by atoms with E-state index in [1.807, 2.05) is 22.8 Å². The standard InChI is InChI=1S/C22H29N3O/c1-5-23-17(3)16(2)18(4)24-14-12-20(13-15-24)25-21-9-7-6-8-19(21)10-11-22(25)26/h6-11,20H,5,12-15H2,1-4H3/b18-16+,23-17?. The van der Waals surface area contributed by atoms with E-state index in [0.717, 1.165) is 49.1 Å². The van der Waals surface area contributed by atoms with Crippen LogP contribution in [0, 0.1) is 0 Å². The average Bonchev–Trinajstić information content (AvgIpc) is 2.67. The van der Waals surface area contributed by atoms with Crippen LogP contribution in [0.2, 0.25) is 0 Å². The van der Waals surface area contributed by atoms with Gasteiger partial charge in [-0.1, -0.05) is 18.2 Å². The lowest BCUT2D eigenvalue weighted by Gasteiger charge is -2.36. The summed E-state index contributed by atoms with van der Waals surface area (Å²) in [5.74, 6) is 0. The van der Waals surface area contributed by atoms with Crippen molar-refractivity contribution in [2.75, 3.05) is 19.6 Å². The molecule has 4 heteroatoms. The number of aromatic nitrogens is 1. The SMILES string of the molecule is CCN=C(C)/C(C)=C(\C)N1CCC(n2c(=O)ccc3ccccc32)CC1. The number of nitrogens with zero attached hydrogens (tertiary/aromatic N) is 3. The fraction of sp³-hybridized carbons (Fsp3) is 0.455. The molecule has 1 aromatic carbocycles. The molecule has 0 N–H and O–H groups in total. The Labute approximate surface area is 155 Å². The highest BCUT2D eigenvalue weighted by molar-refractivity contribution is 5.98. The smallest absolute Gasteiger partial charge is 0.251 e. The van der Waals surface area contributed by atoms with Crippen molar-refractivity contribution in [3.8, 4) is 0 Å². The predicted molar refractivity (Wildman–Crippen MR) is 110 cm³/mol. The molecule has 0 amide bonds. The lowest BCUT2D eigenvalue weighted by atomic mass is 10.0. The summed E-state index contributed by atoms with van der Waals surface area (Å²) in [6.07, 6.45) is 1.98. The molecule has 138 valence electrons. The van der Waals surface area contributed by atoms with Crippen molar-refractivity contribution in [3.05, 3.63) is 58.0 Å². The first-order valence-corrected chi connectivity index (χ1v) is 9.57. The second-order valence-corrected chi connectivity index (χ2v) is 7.09. The number of piperidine rings is 1. The van der Waals surface area contributed by atoms with Gasteiger partial charge in [0.05, 0.1) is 5.52 Å². The molecular weight excluding hydrogens is 322 g/mol. The quantitative estimate of drug-likeness (QED) is 0.765. The van der Waals surface area contributed by atoms with Gasteiger partial charge in [-0.05, 0) is 63.6 Å². The van der Waals surface area contributed by atoms with Crippen molar-refractivity contribution in [1.29, 1.82) is 0 Å². The number of aliphatic imine (C=N–C) groups is 1. The van der Waals surface area contributed by atoms with Gasteiger partial charge in [-0.25, -0.2) is 0 Å². The van der Waals surface area contributed by atoms with E-state index in [1.165, 1.54) is 11.3 Å². The average molecular weight is 351 g/mol. The normalized spacial score (nSPS) is 17.5. The van der Waals surface area contributed by atoms with E-state index in [1.54, 1.807) is 6.07 Å². The number of allylic oxidation sites excluding steroid dienone is 2. The van der Waals surface area contributed by atoms with Crippen LogP contribution in [0.3, 0.4) is 0 Å². The first-order chi connectivity index (χ1) is 12.5. The molecule has 0 saturated carbocycles. The summed E-state index contributed by atoms with van der Waals surface area (Å²) >= 11 is 0. The van der Waals surface area contributed by atoms with Gasteiger partial charge in [-0.2, -0.15) is 0 Å². The number of para-hydroxylation sites is 1. The topological polar surface area (TPSA) is 37.6 Å². The van der Waals surface area contributed by atoms with Crippen LogP contribution in [-0.2, 0) is 0 Å². The summed E-state index contributed by atoms with van der Waals surface area (Å²) in [6, 6.07) is 12.1. The van der Waals surface area contributed by atoms with Crippen LogP contribution < -0.4 is 5.56 Å². The van der Waals surface area contributed by atoms with Gasteiger partial charge >= 0.3 is 0 Å². The molecule has 1 saturated heterocycles. The minimum absolute atomic E-state index is 0.108. The van der Waals surface area contributed by atoms with Crippen LogP contribution in [0.25, 0.3) is 10.9 Å². The Balaban J connectivity index is 1.82. The number of pyridine rings is 1. The Morgan fingerprint density at radius 2 is 1.77 bits per heavy atom. The van der Waals surface area contributed by atoms with Gasteiger partial charge in [0.15, 0.2) is 0 Å². The highest BCUT2D eigenvalue weighted by atomic mass is 16.1. The number of rotatable bonds is 4. The maximum absolute atomic E-state index is 12.5. The maximum Gasteiger partial charge on any atom is 0.251 e. The zero-order valence-electron chi connectivity index (χ0n) is 16.3. The highest BCUT2D eigenvalue weighted by Gasteiger charge is 2.23. The molecule has 1 aliphatic heterocycles. The van der Waals surface area contributed by atoms with E-state index in [9.17, 15) is 4.79 Å². The molecular formula is C22H29N3O. The Morgan fingerprint density at radius 1 is 1.08 bits per heavy atom. The minimum atomic E-state index is 0.108. The van der Waals surface area contributed by atoms with Gasteiger partial charge in [0, 0.05) is 43.2 Å². The van der Waals surface area contributed by atoms with Gasteiger partial charge in [0.25, 0.3) is 5.56 Å². The Hall–Kier alpha value is -2.36. The van der Waals surface area contributed by atoms with Gasteiger partial charge in [0.1, 0.15) is 0 Å². The monoisotopic (exact) mass is 351 g/mol. The van der Waals surface area contributed by atoms with Crippen molar-refractivity contribution in [2.24, 2.45) is 4.99 Å². The second kappa shape index (κ2) is 7.90. The van der Waals surface area contributed by atoms with Crippen molar-refractivity contribution < 1.29 is 0 Å². The molecule has 0 radical (unpaired) electrons. The van der Waals surface area contributed by atoms with Crippen LogP contribution in [-0.4, -0.2) is 34.8 Å². The van der Waals surface area contributed by atoms with E-state index in [0.29, 0.717) is 0 Å². The summed E-state index contributed by atoms with van der Waals surface area (Å²) in [6.45, 7) is 11.3. The largest absolute Gasteiger partial charge is 0.375 e. The highest BCUT2D eigenvalue weighted by Crippen LogP contribution is 2.27. The van der Waals surface area contributed by atoms with Crippen LogP contribution in [0.1, 0.15) is 46.6 Å². The Bertz CT molecular complexity index is 899. The van der Waals surface area contributed by atoms with Gasteiger partial charge in [-0.15, -0.1) is 0 Å². The molecule has 0 unspecified atom stereocenters. The third-order valence-corrected chi connectivity index (χ3v) is 5.62. The zero-order valence-corrected chi connectivity index (χ0v) is 16.3. The summed E-state index contributed by atoms with van der Waals surface area (Å²) in [5.41, 5.74) is 4.86. The molecule has 1 fully saturated rings. The molecule has 0 bridgehead atoms. The van der Waals surface area contributed by atoms with E-state index in [2.05, 4.69) is 49.7 Å². The molecule has 1 aliphatic rings. The second-order valence-electron chi connectivity index (χ2n) is 7.09. The van der Waals surface area contributed by atoms with Crippen molar-refractivity contribution >= 4 is 16.6 Å². The van der Waals surface area contributed by atoms with Crippen molar-refractivity contribution in [3.63, 3.8) is 0 Å². The molecule has 4 nitrogen and oxygen atoms in total. The van der Waals surface area contributed by atoms with Gasteiger partial charge in [-0.3, -0.25) is 9.79 Å². The number of benzene rings is 1. The Morgan fingerprint density at radius 3 is 2.46 bits per heavy atom. The molecule has 0 spiro atoms. The summed E-state index contributed by atoms with van der Waals surface area (Å²) in [5, 5.41) is 1.13. The molecule has 1 aromatic heterocycles. The van der Waals surface area contributed by atoms with E-state index in [4.69, 9.17) is 0 Å². The number of hydrogen-bond donors (Lipinski definition) is 0. The number of fused-ring (bicyclic) bond motifs is 1. The van der Waals surface area contributed by atoms with Crippen LogP contribution >= 0.6 is 0 Å². The number of likely N-dealkylation sites (tertiary alicyclic amines) is 1. The van der Waals surface area contributed by atoms with E-state index in [-0.39, 0.29) is 11.6 Å². The van der Waals surface area contributed by atoms with Gasteiger partial charge < -0.3 is 9.47 Å². The van der Waals surface area contributed by atoms with Crippen LogP contribution in [0.5, 0.6) is 0 Å². The fourth-order valence-corrected chi connectivity index (χ4v) is 3.90.